The van der Waals surface area contributed by atoms with Crippen LogP contribution >= 0.6 is 0 Å². The maximum atomic E-state index is 4.72. The van der Waals surface area contributed by atoms with Crippen LogP contribution in [0.15, 0.2) is 6.20 Å². The van der Waals surface area contributed by atoms with Gasteiger partial charge in [-0.05, 0) is 33.6 Å². The molecule has 2 N–H and O–H groups in total. The fourth-order valence-corrected chi connectivity index (χ4v) is 2.37. The van der Waals surface area contributed by atoms with Crippen LogP contribution in [0.3, 0.4) is 0 Å². The monoisotopic (exact) mass is 286 g/mol. The third-order valence-corrected chi connectivity index (χ3v) is 3.72. The van der Waals surface area contributed by atoms with Crippen molar-refractivity contribution in [2.75, 3.05) is 17.2 Å². The molecule has 0 radical (unpaired) electrons. The van der Waals surface area contributed by atoms with Gasteiger partial charge in [-0.1, -0.05) is 0 Å². The molecule has 1 saturated carbocycles. The molecule has 0 amide bonds. The molecular weight excluding hydrogens is 264 g/mol. The van der Waals surface area contributed by atoms with E-state index >= 15 is 0 Å². The van der Waals surface area contributed by atoms with E-state index < -0.39 is 0 Å². The molecule has 1 fully saturated rings. The van der Waals surface area contributed by atoms with Gasteiger partial charge in [-0.25, -0.2) is 9.97 Å². The topological polar surface area (TPSA) is 67.7 Å². The maximum absolute atomic E-state index is 4.72. The number of nitrogens with zero attached hydrogens (tertiary/aromatic N) is 4. The lowest BCUT2D eigenvalue weighted by Crippen LogP contribution is -2.09. The average Bonchev–Trinajstić information content (AvgIpc) is 3.22. The normalized spacial score (nSPS) is 14.3. The minimum Gasteiger partial charge on any atom is -0.370 e. The standard InChI is InChI=1S/C15H22N6/c1-5-16-13-9(2)14(19-15(18-13)11-6-7-11)17-12-8-21(4)20-10(12)3/h8,11H,5-7H2,1-4H3,(H2,16,17,18,19). The number of aromatic nitrogens is 4. The fourth-order valence-electron chi connectivity index (χ4n) is 2.37. The number of nitrogens with one attached hydrogen (secondary N) is 2. The number of rotatable bonds is 5. The van der Waals surface area contributed by atoms with Gasteiger partial charge in [0.25, 0.3) is 0 Å². The molecule has 6 heteroatoms. The Morgan fingerprint density at radius 2 is 1.95 bits per heavy atom. The number of aryl methyl sites for hydroxylation is 2. The molecule has 2 aromatic rings. The van der Waals surface area contributed by atoms with Crippen molar-refractivity contribution in [3.8, 4) is 0 Å². The lowest BCUT2D eigenvalue weighted by Gasteiger charge is -2.14. The minimum absolute atomic E-state index is 0.526. The molecule has 0 bridgehead atoms. The third-order valence-electron chi connectivity index (χ3n) is 3.72. The second-order valence-electron chi connectivity index (χ2n) is 5.64. The van der Waals surface area contributed by atoms with Gasteiger partial charge in [-0.3, -0.25) is 4.68 Å². The van der Waals surface area contributed by atoms with E-state index in [-0.39, 0.29) is 0 Å². The molecule has 0 spiro atoms. The highest BCUT2D eigenvalue weighted by atomic mass is 15.3. The molecule has 0 atom stereocenters. The highest BCUT2D eigenvalue weighted by Gasteiger charge is 2.28. The van der Waals surface area contributed by atoms with Crippen LogP contribution in [0.1, 0.15) is 42.8 Å². The number of hydrogen-bond donors (Lipinski definition) is 2. The van der Waals surface area contributed by atoms with Crippen LogP contribution in [0, 0.1) is 13.8 Å². The van der Waals surface area contributed by atoms with E-state index in [9.17, 15) is 0 Å². The summed E-state index contributed by atoms with van der Waals surface area (Å²) in [6, 6.07) is 0. The van der Waals surface area contributed by atoms with Crippen molar-refractivity contribution in [3.05, 3.63) is 23.3 Å². The molecule has 0 saturated heterocycles. The quantitative estimate of drug-likeness (QED) is 0.884. The van der Waals surface area contributed by atoms with Crippen LogP contribution in [-0.4, -0.2) is 26.3 Å². The van der Waals surface area contributed by atoms with Crippen molar-refractivity contribution in [2.24, 2.45) is 7.05 Å². The average molecular weight is 286 g/mol. The molecule has 3 rings (SSSR count). The second-order valence-corrected chi connectivity index (χ2v) is 5.64. The van der Waals surface area contributed by atoms with Gasteiger partial charge in [-0.15, -0.1) is 0 Å². The van der Waals surface area contributed by atoms with Crippen LogP contribution in [0.2, 0.25) is 0 Å². The molecule has 21 heavy (non-hydrogen) atoms. The van der Waals surface area contributed by atoms with Crippen molar-refractivity contribution in [1.29, 1.82) is 0 Å². The summed E-state index contributed by atoms with van der Waals surface area (Å²) in [5.41, 5.74) is 3.00. The van der Waals surface area contributed by atoms with E-state index in [1.165, 1.54) is 12.8 Å². The van der Waals surface area contributed by atoms with Gasteiger partial charge in [0.05, 0.1) is 11.4 Å². The van der Waals surface area contributed by atoms with Crippen molar-refractivity contribution in [3.63, 3.8) is 0 Å². The molecule has 6 nitrogen and oxygen atoms in total. The van der Waals surface area contributed by atoms with Gasteiger partial charge in [0, 0.05) is 31.3 Å². The van der Waals surface area contributed by atoms with Gasteiger partial charge < -0.3 is 10.6 Å². The third kappa shape index (κ3) is 2.84. The molecule has 0 aromatic carbocycles. The molecule has 0 aliphatic heterocycles. The highest BCUT2D eigenvalue weighted by Crippen LogP contribution is 2.40. The molecule has 1 aliphatic carbocycles. The first kappa shape index (κ1) is 13.9. The first-order valence-corrected chi connectivity index (χ1v) is 7.48. The van der Waals surface area contributed by atoms with Crippen molar-refractivity contribution >= 4 is 17.3 Å². The Hall–Kier alpha value is -2.11. The number of anilines is 3. The van der Waals surface area contributed by atoms with Gasteiger partial charge in [-0.2, -0.15) is 5.10 Å². The van der Waals surface area contributed by atoms with Crippen molar-refractivity contribution < 1.29 is 0 Å². The summed E-state index contributed by atoms with van der Waals surface area (Å²) in [6.45, 7) is 6.97. The molecular formula is C15H22N6. The Morgan fingerprint density at radius 1 is 1.24 bits per heavy atom. The molecule has 0 unspecified atom stereocenters. The zero-order valence-electron chi connectivity index (χ0n) is 13.1. The summed E-state index contributed by atoms with van der Waals surface area (Å²) in [7, 11) is 1.92. The molecule has 2 heterocycles. The van der Waals surface area contributed by atoms with Crippen LogP contribution in [0.5, 0.6) is 0 Å². The summed E-state index contributed by atoms with van der Waals surface area (Å²) in [5, 5.41) is 11.1. The molecule has 1 aliphatic rings. The van der Waals surface area contributed by atoms with E-state index in [0.29, 0.717) is 5.92 Å². The zero-order valence-corrected chi connectivity index (χ0v) is 13.1. The Kier molecular flexibility index (Phi) is 3.53. The van der Waals surface area contributed by atoms with Crippen molar-refractivity contribution in [2.45, 2.75) is 39.5 Å². The van der Waals surface area contributed by atoms with E-state index in [4.69, 9.17) is 4.98 Å². The lowest BCUT2D eigenvalue weighted by molar-refractivity contribution is 0.756. The zero-order chi connectivity index (χ0) is 15.0. The van der Waals surface area contributed by atoms with Gasteiger partial charge in [0.2, 0.25) is 0 Å². The Labute approximate surface area is 125 Å². The minimum atomic E-state index is 0.526. The van der Waals surface area contributed by atoms with E-state index in [1.54, 1.807) is 4.68 Å². The van der Waals surface area contributed by atoms with Gasteiger partial charge >= 0.3 is 0 Å². The second kappa shape index (κ2) is 5.35. The predicted octanol–water partition coefficient (Wildman–Crippen LogP) is 2.88. The Morgan fingerprint density at radius 3 is 2.52 bits per heavy atom. The van der Waals surface area contributed by atoms with Crippen LogP contribution in [0.4, 0.5) is 17.3 Å². The largest absolute Gasteiger partial charge is 0.370 e. The molecule has 112 valence electrons. The van der Waals surface area contributed by atoms with E-state index in [0.717, 1.165) is 40.9 Å². The fraction of sp³-hybridized carbons (Fsp3) is 0.533. The van der Waals surface area contributed by atoms with Crippen LogP contribution in [-0.2, 0) is 7.05 Å². The Bertz CT molecular complexity index is 656. The smallest absolute Gasteiger partial charge is 0.139 e. The summed E-state index contributed by atoms with van der Waals surface area (Å²) in [5.74, 6) is 3.27. The van der Waals surface area contributed by atoms with Crippen molar-refractivity contribution in [1.82, 2.24) is 19.7 Å². The highest BCUT2D eigenvalue weighted by molar-refractivity contribution is 5.65. The maximum Gasteiger partial charge on any atom is 0.139 e. The van der Waals surface area contributed by atoms with Gasteiger partial charge in [0.1, 0.15) is 17.5 Å². The first-order valence-electron chi connectivity index (χ1n) is 7.48. The summed E-state index contributed by atoms with van der Waals surface area (Å²) >= 11 is 0. The van der Waals surface area contributed by atoms with Gasteiger partial charge in [0.15, 0.2) is 0 Å². The van der Waals surface area contributed by atoms with Crippen LogP contribution in [0.25, 0.3) is 0 Å². The predicted molar refractivity (Wildman–Crippen MR) is 84.1 cm³/mol. The molecule has 2 aromatic heterocycles. The Balaban J connectivity index is 1.97. The van der Waals surface area contributed by atoms with Crippen LogP contribution < -0.4 is 10.6 Å². The summed E-state index contributed by atoms with van der Waals surface area (Å²) in [4.78, 5) is 9.39. The summed E-state index contributed by atoms with van der Waals surface area (Å²) in [6.07, 6.45) is 4.36. The summed E-state index contributed by atoms with van der Waals surface area (Å²) < 4.78 is 1.81. The first-order chi connectivity index (χ1) is 10.1. The van der Waals surface area contributed by atoms with E-state index in [1.807, 2.05) is 27.1 Å². The van der Waals surface area contributed by atoms with E-state index in [2.05, 4.69) is 27.6 Å². The SMILES string of the molecule is CCNc1nc(C2CC2)nc(Nc2cn(C)nc2C)c1C. The number of hydrogen-bond acceptors (Lipinski definition) is 5. The lowest BCUT2D eigenvalue weighted by atomic mass is 10.2.